The molecule has 3 heteroatoms. The molecule has 0 aliphatic heterocycles. The van der Waals surface area contributed by atoms with Crippen molar-refractivity contribution >= 4 is 23.1 Å². The van der Waals surface area contributed by atoms with Gasteiger partial charge in [-0.05, 0) is 24.0 Å². The number of hydrogen-bond acceptors (Lipinski definition) is 2. The van der Waals surface area contributed by atoms with Crippen LogP contribution in [0.15, 0.2) is 60.7 Å². The summed E-state index contributed by atoms with van der Waals surface area (Å²) in [6, 6.07) is 19.6. The summed E-state index contributed by atoms with van der Waals surface area (Å²) in [5.41, 5.74) is 2.26. The predicted molar refractivity (Wildman–Crippen MR) is 75.8 cm³/mol. The molecule has 2 nitrogen and oxygen atoms in total. The molecule has 0 saturated heterocycles. The van der Waals surface area contributed by atoms with Gasteiger partial charge in [0, 0.05) is 0 Å². The molecule has 0 spiro atoms. The Morgan fingerprint density at radius 3 is 1.16 bits per heavy atom. The Morgan fingerprint density at radius 2 is 0.895 bits per heavy atom. The van der Waals surface area contributed by atoms with Crippen LogP contribution < -0.4 is 10.2 Å². The minimum atomic E-state index is -0.00991. The summed E-state index contributed by atoms with van der Waals surface area (Å²) in [6.07, 6.45) is 1.31. The Labute approximate surface area is 131 Å². The fourth-order valence-electron chi connectivity index (χ4n) is 1.53. The fourth-order valence-corrected chi connectivity index (χ4v) is 1.53. The molecule has 0 N–H and O–H groups in total. The van der Waals surface area contributed by atoms with Crippen LogP contribution in [0, 0.1) is 0 Å². The smallest absolute Gasteiger partial charge is 0.854 e. The van der Waals surface area contributed by atoms with Crippen LogP contribution >= 0.6 is 0 Å². The van der Waals surface area contributed by atoms with Crippen molar-refractivity contribution in [1.29, 1.82) is 0 Å². The summed E-state index contributed by atoms with van der Waals surface area (Å²) in [5, 5.41) is 20.2. The molecule has 0 saturated carbocycles. The van der Waals surface area contributed by atoms with Crippen molar-refractivity contribution in [3.05, 3.63) is 71.8 Å². The van der Waals surface area contributed by atoms with E-state index in [1.807, 2.05) is 60.7 Å². The molecule has 0 aliphatic rings. The Morgan fingerprint density at radius 1 is 0.579 bits per heavy atom. The zero-order valence-electron chi connectivity index (χ0n) is 11.1. The summed E-state index contributed by atoms with van der Waals surface area (Å²) < 4.78 is 0. The van der Waals surface area contributed by atoms with Crippen molar-refractivity contribution < 1.29 is 10.2 Å². The van der Waals surface area contributed by atoms with E-state index in [0.717, 1.165) is 11.1 Å². The van der Waals surface area contributed by atoms with E-state index in [9.17, 15) is 10.2 Å². The second-order valence-electron chi connectivity index (χ2n) is 3.88. The van der Waals surface area contributed by atoms with Crippen molar-refractivity contribution in [3.8, 4) is 0 Å². The predicted octanol–water partition coefficient (Wildman–Crippen LogP) is 0.798. The van der Waals surface area contributed by atoms with Crippen molar-refractivity contribution in [3.63, 3.8) is 0 Å². The largest absolute Gasteiger partial charge is 2.00 e. The molecule has 0 atom stereocenters. The van der Waals surface area contributed by atoms with Gasteiger partial charge in [-0.3, -0.25) is 0 Å². The van der Waals surface area contributed by atoms with Gasteiger partial charge in [-0.15, -0.1) is 13.2 Å². The Bertz CT molecular complexity index is 362. The molecule has 2 aromatic carbocycles. The normalized spacial score (nSPS) is 8.95. The maximum Gasteiger partial charge on any atom is 2.00 e. The molecule has 2 aromatic rings. The summed E-state index contributed by atoms with van der Waals surface area (Å²) in [4.78, 5) is 0. The molecule has 0 amide bonds. The van der Waals surface area contributed by atoms with Crippen LogP contribution in [0.3, 0.4) is 0 Å². The minimum Gasteiger partial charge on any atom is -0.854 e. The van der Waals surface area contributed by atoms with Crippen LogP contribution in [0.1, 0.15) is 11.1 Å². The standard InChI is InChI=1S/2C8H9O.Mg/c2*9-7-6-8-4-2-1-3-5-8;/h2*1-5H,6-7H2;/q2*-1;+2. The van der Waals surface area contributed by atoms with E-state index in [2.05, 4.69) is 0 Å². The molecular weight excluding hydrogens is 248 g/mol. The van der Waals surface area contributed by atoms with Gasteiger partial charge < -0.3 is 10.2 Å². The molecular formula is C16H18MgO2. The summed E-state index contributed by atoms with van der Waals surface area (Å²) in [7, 11) is 0. The van der Waals surface area contributed by atoms with Gasteiger partial charge in [0.15, 0.2) is 0 Å². The monoisotopic (exact) mass is 266 g/mol. The molecule has 0 aliphatic carbocycles. The van der Waals surface area contributed by atoms with E-state index in [0.29, 0.717) is 12.8 Å². The SMILES string of the molecule is [Mg+2].[O-]CCc1ccccc1.[O-]CCc1ccccc1. The number of hydrogen-bond donors (Lipinski definition) is 0. The van der Waals surface area contributed by atoms with Crippen molar-refractivity contribution in [2.75, 3.05) is 13.2 Å². The number of rotatable bonds is 4. The summed E-state index contributed by atoms with van der Waals surface area (Å²) in [6.45, 7) is -0.0198. The molecule has 96 valence electrons. The first-order chi connectivity index (χ1) is 8.86. The third kappa shape index (κ3) is 8.78. The molecule has 0 aromatic heterocycles. The van der Waals surface area contributed by atoms with E-state index in [4.69, 9.17) is 0 Å². The zero-order valence-corrected chi connectivity index (χ0v) is 12.5. The van der Waals surface area contributed by atoms with E-state index < -0.39 is 0 Å². The molecule has 0 bridgehead atoms. The number of benzene rings is 2. The summed E-state index contributed by atoms with van der Waals surface area (Å²) in [5.74, 6) is 0. The molecule has 0 radical (unpaired) electrons. The first-order valence-electron chi connectivity index (χ1n) is 6.11. The third-order valence-corrected chi connectivity index (χ3v) is 2.47. The van der Waals surface area contributed by atoms with Gasteiger partial charge in [-0.2, -0.15) is 0 Å². The van der Waals surface area contributed by atoms with Crippen LogP contribution in [0.2, 0.25) is 0 Å². The Hall–Kier alpha value is -0.874. The van der Waals surface area contributed by atoms with E-state index in [1.54, 1.807) is 0 Å². The molecule has 0 fully saturated rings. The average molecular weight is 267 g/mol. The van der Waals surface area contributed by atoms with E-state index in [-0.39, 0.29) is 36.3 Å². The fraction of sp³-hybridized carbons (Fsp3) is 0.250. The topological polar surface area (TPSA) is 46.1 Å². The molecule has 19 heavy (non-hydrogen) atoms. The van der Waals surface area contributed by atoms with Crippen molar-refractivity contribution in [2.45, 2.75) is 12.8 Å². The molecule has 0 heterocycles. The van der Waals surface area contributed by atoms with Gasteiger partial charge in [0.1, 0.15) is 0 Å². The van der Waals surface area contributed by atoms with E-state index in [1.165, 1.54) is 0 Å². The van der Waals surface area contributed by atoms with Gasteiger partial charge in [0.25, 0.3) is 0 Å². The second kappa shape index (κ2) is 12.2. The van der Waals surface area contributed by atoms with Crippen molar-refractivity contribution in [1.82, 2.24) is 0 Å². The first-order valence-corrected chi connectivity index (χ1v) is 6.11. The van der Waals surface area contributed by atoms with E-state index >= 15 is 0 Å². The maximum absolute atomic E-state index is 10.1. The van der Waals surface area contributed by atoms with Gasteiger partial charge >= 0.3 is 23.1 Å². The third-order valence-electron chi connectivity index (χ3n) is 2.47. The van der Waals surface area contributed by atoms with Gasteiger partial charge in [0.2, 0.25) is 0 Å². The second-order valence-corrected chi connectivity index (χ2v) is 3.88. The van der Waals surface area contributed by atoms with Gasteiger partial charge in [-0.25, -0.2) is 0 Å². The Balaban J connectivity index is 0.000000324. The first kappa shape index (κ1) is 18.1. The van der Waals surface area contributed by atoms with Crippen LogP contribution in [-0.2, 0) is 12.8 Å². The van der Waals surface area contributed by atoms with Gasteiger partial charge in [-0.1, -0.05) is 60.7 Å². The Kier molecular flexibility index (Phi) is 11.6. The average Bonchev–Trinajstić information content (AvgIpc) is 2.43. The zero-order chi connectivity index (χ0) is 13.1. The van der Waals surface area contributed by atoms with Crippen molar-refractivity contribution in [2.24, 2.45) is 0 Å². The summed E-state index contributed by atoms with van der Waals surface area (Å²) >= 11 is 0. The molecule has 2 rings (SSSR count). The maximum atomic E-state index is 10.1. The minimum absolute atomic E-state index is 0. The van der Waals surface area contributed by atoms with Crippen LogP contribution in [-0.4, -0.2) is 36.3 Å². The van der Waals surface area contributed by atoms with Crippen LogP contribution in [0.4, 0.5) is 0 Å². The quantitative estimate of drug-likeness (QED) is 0.769. The van der Waals surface area contributed by atoms with Crippen LogP contribution in [0.5, 0.6) is 0 Å². The van der Waals surface area contributed by atoms with Crippen LogP contribution in [0.25, 0.3) is 0 Å². The van der Waals surface area contributed by atoms with Gasteiger partial charge in [0.05, 0.1) is 0 Å². The molecule has 0 unspecified atom stereocenters.